The molecule has 0 aliphatic rings. The number of nitrogens with zero attached hydrogens (tertiary/aromatic N) is 2. The molecule has 2 aromatic heterocycles. The van der Waals surface area contributed by atoms with Gasteiger partial charge in [0.1, 0.15) is 22.8 Å². The van der Waals surface area contributed by atoms with E-state index in [1.165, 1.54) is 26.2 Å². The minimum atomic E-state index is -5.63. The molecule has 0 spiro atoms. The van der Waals surface area contributed by atoms with Crippen LogP contribution >= 0.6 is 11.6 Å². The van der Waals surface area contributed by atoms with E-state index in [2.05, 4.69) is 9.97 Å². The van der Waals surface area contributed by atoms with E-state index in [0.717, 1.165) is 44.2 Å². The number of aromatic nitrogens is 2. The number of nitrogens with one attached hydrogen (secondary N) is 1. The van der Waals surface area contributed by atoms with Crippen LogP contribution < -0.4 is 10.1 Å². The van der Waals surface area contributed by atoms with Gasteiger partial charge in [-0.3, -0.25) is 4.79 Å². The van der Waals surface area contributed by atoms with Gasteiger partial charge in [0.05, 0.1) is 30.0 Å². The van der Waals surface area contributed by atoms with Crippen LogP contribution in [0, 0.1) is 24.5 Å². The maximum Gasteiger partial charge on any atom is 0.424 e. The van der Waals surface area contributed by atoms with E-state index in [4.69, 9.17) is 16.3 Å². The van der Waals surface area contributed by atoms with Crippen LogP contribution in [-0.4, -0.2) is 45.9 Å². The first-order valence-corrected chi connectivity index (χ1v) is 12.9. The minimum absolute atomic E-state index is 0.0460. The van der Waals surface area contributed by atoms with Crippen molar-refractivity contribution in [1.29, 1.82) is 0 Å². The molecule has 0 aliphatic heterocycles. The molecule has 3 N–H and O–H groups in total. The molecule has 0 saturated carbocycles. The van der Waals surface area contributed by atoms with Gasteiger partial charge in [-0.05, 0) is 63.2 Å². The zero-order chi connectivity index (χ0) is 32.1. The summed E-state index contributed by atoms with van der Waals surface area (Å²) in [7, 11) is 1.21. The van der Waals surface area contributed by atoms with Crippen LogP contribution in [0.3, 0.4) is 0 Å². The third-order valence-electron chi connectivity index (χ3n) is 6.67. The SMILES string of the molecule is COc1cc(C(=O)NC[C@](O)(c2nc(-c3ccc(F)cc3)c(Cl)c(C(C)(C)O)c2F)C(F)(F)F)cc2cc(C)c(F)nc12. The van der Waals surface area contributed by atoms with Gasteiger partial charge in [0, 0.05) is 27.6 Å². The highest BCUT2D eigenvalue weighted by molar-refractivity contribution is 6.34. The van der Waals surface area contributed by atoms with E-state index in [-0.39, 0.29) is 33.3 Å². The second-order valence-electron chi connectivity index (χ2n) is 10.3. The molecule has 4 aromatic rings. The maximum absolute atomic E-state index is 15.8. The Balaban J connectivity index is 1.83. The fourth-order valence-corrected chi connectivity index (χ4v) is 4.87. The number of carbonyl (C=O) groups is 1. The number of pyridine rings is 2. The number of ether oxygens (including phenoxy) is 1. The standard InChI is InChI=1S/C29H24ClF6N3O4/c1-13-9-15-10-16(11-18(43-4)22(15)39-25(13)33)26(40)37-12-28(42,29(34,35)36)24-21(32)19(27(2,3)41)20(30)23(38-24)14-5-7-17(31)8-6-14/h5-11,41-42H,12H2,1-4H3,(H,37,40)/t28-/m0/s1. The van der Waals surface area contributed by atoms with Crippen molar-refractivity contribution in [2.45, 2.75) is 38.1 Å². The molecule has 0 bridgehead atoms. The number of hydrogen-bond acceptors (Lipinski definition) is 6. The van der Waals surface area contributed by atoms with Gasteiger partial charge in [-0.2, -0.15) is 17.6 Å². The quantitative estimate of drug-likeness (QED) is 0.169. The van der Waals surface area contributed by atoms with Crippen LogP contribution in [0.25, 0.3) is 22.2 Å². The predicted octanol–water partition coefficient (Wildman–Crippen LogP) is 6.09. The number of amides is 1. The third kappa shape index (κ3) is 5.97. The van der Waals surface area contributed by atoms with Crippen LogP contribution in [-0.2, 0) is 11.2 Å². The molecule has 2 heterocycles. The number of aryl methyl sites for hydroxylation is 1. The van der Waals surface area contributed by atoms with Gasteiger partial charge in [0.2, 0.25) is 11.5 Å². The molecule has 1 amide bonds. The van der Waals surface area contributed by atoms with Crippen LogP contribution in [0.5, 0.6) is 5.75 Å². The first kappa shape index (κ1) is 32.0. The van der Waals surface area contributed by atoms with Gasteiger partial charge in [-0.15, -0.1) is 0 Å². The lowest BCUT2D eigenvalue weighted by molar-refractivity contribution is -0.266. The Morgan fingerprint density at radius 1 is 1.02 bits per heavy atom. The number of fused-ring (bicyclic) bond motifs is 1. The average Bonchev–Trinajstić information content (AvgIpc) is 2.91. The summed E-state index contributed by atoms with van der Waals surface area (Å²) in [6.07, 6.45) is -5.63. The molecule has 2 aromatic carbocycles. The number of rotatable bonds is 7. The summed E-state index contributed by atoms with van der Waals surface area (Å²) in [6.45, 7) is 1.90. The Morgan fingerprint density at radius 2 is 1.65 bits per heavy atom. The first-order valence-electron chi connectivity index (χ1n) is 12.5. The van der Waals surface area contributed by atoms with Crippen LogP contribution in [0.2, 0.25) is 5.02 Å². The monoisotopic (exact) mass is 627 g/mol. The number of carbonyl (C=O) groups excluding carboxylic acids is 1. The van der Waals surface area contributed by atoms with E-state index in [1.54, 1.807) is 0 Å². The minimum Gasteiger partial charge on any atom is -0.494 e. The largest absolute Gasteiger partial charge is 0.494 e. The van der Waals surface area contributed by atoms with Gasteiger partial charge in [-0.1, -0.05) is 11.6 Å². The van der Waals surface area contributed by atoms with Gasteiger partial charge < -0.3 is 20.3 Å². The van der Waals surface area contributed by atoms with Gasteiger partial charge in [-0.25, -0.2) is 18.7 Å². The Labute approximate surface area is 246 Å². The normalized spacial score (nSPS) is 13.6. The molecule has 7 nitrogen and oxygen atoms in total. The van der Waals surface area contributed by atoms with Crippen molar-refractivity contribution in [3.63, 3.8) is 0 Å². The molecule has 0 fully saturated rings. The van der Waals surface area contributed by atoms with Crippen molar-refractivity contribution in [3.8, 4) is 17.0 Å². The lowest BCUT2D eigenvalue weighted by atomic mass is 9.89. The molecule has 14 heteroatoms. The molecule has 0 radical (unpaired) electrons. The molecule has 0 saturated heterocycles. The highest BCUT2D eigenvalue weighted by Gasteiger charge is 2.58. The number of aliphatic hydroxyl groups is 2. The molecule has 4 rings (SSSR count). The van der Waals surface area contributed by atoms with E-state index in [1.807, 2.05) is 5.32 Å². The summed E-state index contributed by atoms with van der Waals surface area (Å²) >= 11 is 6.28. The topological polar surface area (TPSA) is 105 Å². The fourth-order valence-electron chi connectivity index (χ4n) is 4.41. The van der Waals surface area contributed by atoms with Crippen molar-refractivity contribution in [1.82, 2.24) is 15.3 Å². The number of halogens is 7. The lowest BCUT2D eigenvalue weighted by Gasteiger charge is -2.33. The van der Waals surface area contributed by atoms with Crippen LogP contribution in [0.1, 0.15) is 41.0 Å². The van der Waals surface area contributed by atoms with E-state index < -0.39 is 69.4 Å². The molecule has 0 aliphatic carbocycles. The van der Waals surface area contributed by atoms with Crippen molar-refractivity contribution in [3.05, 3.63) is 87.5 Å². The molecule has 43 heavy (non-hydrogen) atoms. The van der Waals surface area contributed by atoms with E-state index >= 15 is 4.39 Å². The zero-order valence-corrected chi connectivity index (χ0v) is 23.8. The summed E-state index contributed by atoms with van der Waals surface area (Å²) in [5.74, 6) is -4.45. The lowest BCUT2D eigenvalue weighted by Crippen LogP contribution is -2.52. The van der Waals surface area contributed by atoms with Gasteiger partial charge in [0.25, 0.3) is 5.91 Å². The van der Waals surface area contributed by atoms with E-state index in [9.17, 15) is 37.0 Å². The number of benzene rings is 2. The number of methoxy groups -OCH3 is 1. The average molecular weight is 628 g/mol. The molecule has 0 unspecified atom stereocenters. The molecular formula is C29H24ClF6N3O4. The van der Waals surface area contributed by atoms with Crippen molar-refractivity contribution < 1.29 is 46.1 Å². The first-order chi connectivity index (χ1) is 19.9. The highest BCUT2D eigenvalue weighted by Crippen LogP contribution is 2.45. The third-order valence-corrected chi connectivity index (χ3v) is 7.04. The summed E-state index contributed by atoms with van der Waals surface area (Å²) in [6, 6.07) is 7.82. The zero-order valence-electron chi connectivity index (χ0n) is 23.0. The summed E-state index contributed by atoms with van der Waals surface area (Å²) < 4.78 is 92.1. The predicted molar refractivity (Wildman–Crippen MR) is 145 cm³/mol. The number of alkyl halides is 3. The molecule has 228 valence electrons. The second-order valence-corrected chi connectivity index (χ2v) is 10.6. The summed E-state index contributed by atoms with van der Waals surface area (Å²) in [5.41, 5.74) is -9.32. The summed E-state index contributed by atoms with van der Waals surface area (Å²) in [4.78, 5) is 20.5. The van der Waals surface area contributed by atoms with E-state index in [0.29, 0.717) is 0 Å². The Hall–Kier alpha value is -3.94. The second kappa shape index (κ2) is 11.3. The van der Waals surface area contributed by atoms with Crippen molar-refractivity contribution >= 4 is 28.4 Å². The fraction of sp³-hybridized carbons (Fsp3) is 0.276. The van der Waals surface area contributed by atoms with Crippen LogP contribution in [0.15, 0.2) is 42.5 Å². The maximum atomic E-state index is 15.8. The number of hydrogen-bond donors (Lipinski definition) is 3. The Morgan fingerprint density at radius 3 is 2.21 bits per heavy atom. The molecular weight excluding hydrogens is 604 g/mol. The highest BCUT2D eigenvalue weighted by atomic mass is 35.5. The smallest absolute Gasteiger partial charge is 0.424 e. The van der Waals surface area contributed by atoms with Gasteiger partial charge in [0.15, 0.2) is 5.82 Å². The molecule has 1 atom stereocenters. The van der Waals surface area contributed by atoms with Crippen molar-refractivity contribution in [2.75, 3.05) is 13.7 Å². The van der Waals surface area contributed by atoms with Crippen LogP contribution in [0.4, 0.5) is 26.3 Å². The Bertz CT molecular complexity index is 1730. The van der Waals surface area contributed by atoms with Gasteiger partial charge >= 0.3 is 6.18 Å². The Kier molecular flexibility index (Phi) is 8.39. The summed E-state index contributed by atoms with van der Waals surface area (Å²) in [5, 5.41) is 23.2. The van der Waals surface area contributed by atoms with Crippen molar-refractivity contribution in [2.24, 2.45) is 0 Å².